The number of hydrogen-bond acceptors (Lipinski definition) is 4. The zero-order valence-electron chi connectivity index (χ0n) is 12.6. The van der Waals surface area contributed by atoms with Gasteiger partial charge < -0.3 is 9.84 Å². The standard InChI is InChI=1S/C16H19NO5S/c18-15(19)12-2-1-3-14(10-12)23(20,21)17-11-16(6-7-16)13-4-8-22-9-5-13/h1-4,10,17H,5-9,11H2,(H,18,19). The van der Waals surface area contributed by atoms with Gasteiger partial charge in [0.05, 0.1) is 23.7 Å². The van der Waals surface area contributed by atoms with Gasteiger partial charge in [-0.3, -0.25) is 0 Å². The summed E-state index contributed by atoms with van der Waals surface area (Å²) in [6.45, 7) is 1.62. The molecule has 0 bridgehead atoms. The van der Waals surface area contributed by atoms with Crippen LogP contribution in [0.5, 0.6) is 0 Å². The van der Waals surface area contributed by atoms with Crippen molar-refractivity contribution in [2.24, 2.45) is 5.41 Å². The van der Waals surface area contributed by atoms with Crippen LogP contribution < -0.4 is 4.72 Å². The molecule has 2 N–H and O–H groups in total. The summed E-state index contributed by atoms with van der Waals surface area (Å²) >= 11 is 0. The van der Waals surface area contributed by atoms with E-state index in [-0.39, 0.29) is 15.9 Å². The summed E-state index contributed by atoms with van der Waals surface area (Å²) in [6.07, 6.45) is 4.83. The monoisotopic (exact) mass is 337 g/mol. The Morgan fingerprint density at radius 2 is 2.13 bits per heavy atom. The molecule has 1 aromatic carbocycles. The number of ether oxygens (including phenoxy) is 1. The first kappa shape index (κ1) is 16.2. The number of benzene rings is 1. The predicted molar refractivity (Wildman–Crippen MR) is 83.8 cm³/mol. The molecule has 1 saturated carbocycles. The van der Waals surface area contributed by atoms with Gasteiger partial charge in [0.25, 0.3) is 0 Å². The van der Waals surface area contributed by atoms with Gasteiger partial charge in [-0.25, -0.2) is 17.9 Å². The maximum absolute atomic E-state index is 12.4. The van der Waals surface area contributed by atoms with Crippen LogP contribution in [0.2, 0.25) is 0 Å². The first-order valence-corrected chi connectivity index (χ1v) is 9.02. The molecule has 0 amide bonds. The van der Waals surface area contributed by atoms with Gasteiger partial charge in [0.1, 0.15) is 0 Å². The van der Waals surface area contributed by atoms with E-state index < -0.39 is 16.0 Å². The molecule has 1 heterocycles. The van der Waals surface area contributed by atoms with Crippen LogP contribution in [-0.4, -0.2) is 39.3 Å². The molecule has 0 saturated heterocycles. The second kappa shape index (κ2) is 6.07. The van der Waals surface area contributed by atoms with Crippen LogP contribution in [0.4, 0.5) is 0 Å². The number of carboxylic acids is 1. The quantitative estimate of drug-likeness (QED) is 0.772. The van der Waals surface area contributed by atoms with Crippen molar-refractivity contribution < 1.29 is 23.1 Å². The van der Waals surface area contributed by atoms with Crippen molar-refractivity contribution >= 4 is 16.0 Å². The SMILES string of the molecule is O=C(O)c1cccc(S(=O)(=O)NCC2(C3=CCOCC3)CC2)c1. The van der Waals surface area contributed by atoms with Gasteiger partial charge in [-0.2, -0.15) is 0 Å². The smallest absolute Gasteiger partial charge is 0.335 e. The van der Waals surface area contributed by atoms with Crippen LogP contribution in [0, 0.1) is 5.41 Å². The Morgan fingerprint density at radius 3 is 2.74 bits per heavy atom. The molecule has 124 valence electrons. The third-order valence-corrected chi connectivity index (χ3v) is 5.89. The molecular weight excluding hydrogens is 318 g/mol. The zero-order valence-corrected chi connectivity index (χ0v) is 13.4. The lowest BCUT2D eigenvalue weighted by Crippen LogP contribution is -2.32. The van der Waals surface area contributed by atoms with Crippen molar-refractivity contribution in [3.05, 3.63) is 41.5 Å². The first-order valence-electron chi connectivity index (χ1n) is 7.53. The van der Waals surface area contributed by atoms with Gasteiger partial charge in [-0.15, -0.1) is 0 Å². The molecule has 3 rings (SSSR count). The minimum Gasteiger partial charge on any atom is -0.478 e. The van der Waals surface area contributed by atoms with Crippen LogP contribution in [0.15, 0.2) is 40.8 Å². The van der Waals surface area contributed by atoms with Crippen molar-refractivity contribution in [3.63, 3.8) is 0 Å². The lowest BCUT2D eigenvalue weighted by atomic mass is 9.92. The maximum atomic E-state index is 12.4. The third kappa shape index (κ3) is 3.46. The maximum Gasteiger partial charge on any atom is 0.335 e. The Labute approximate surface area is 135 Å². The van der Waals surface area contributed by atoms with E-state index in [0.29, 0.717) is 19.8 Å². The molecule has 6 nitrogen and oxygen atoms in total. The van der Waals surface area contributed by atoms with Gasteiger partial charge in [-0.05, 0) is 37.5 Å². The molecule has 1 aromatic rings. The van der Waals surface area contributed by atoms with Gasteiger partial charge in [-0.1, -0.05) is 17.7 Å². The number of hydrogen-bond donors (Lipinski definition) is 2. The average Bonchev–Trinajstić information content (AvgIpc) is 3.35. The van der Waals surface area contributed by atoms with Crippen molar-refractivity contribution in [2.45, 2.75) is 24.2 Å². The molecule has 7 heteroatoms. The highest BCUT2D eigenvalue weighted by Gasteiger charge is 2.46. The Balaban J connectivity index is 1.73. The average molecular weight is 337 g/mol. The Kier molecular flexibility index (Phi) is 4.27. The highest BCUT2D eigenvalue weighted by Crippen LogP contribution is 2.53. The number of aromatic carboxylic acids is 1. The fraction of sp³-hybridized carbons (Fsp3) is 0.438. The number of carbonyl (C=O) groups is 1. The van der Waals surface area contributed by atoms with Crippen LogP contribution in [-0.2, 0) is 14.8 Å². The highest BCUT2D eigenvalue weighted by atomic mass is 32.2. The molecule has 0 spiro atoms. The molecule has 1 fully saturated rings. The molecule has 0 aromatic heterocycles. The minimum absolute atomic E-state index is 0.0193. The molecule has 0 unspecified atom stereocenters. The van der Waals surface area contributed by atoms with Crippen LogP contribution >= 0.6 is 0 Å². The summed E-state index contributed by atoms with van der Waals surface area (Å²) in [6, 6.07) is 5.39. The van der Waals surface area contributed by atoms with E-state index in [2.05, 4.69) is 10.8 Å². The minimum atomic E-state index is -3.72. The fourth-order valence-electron chi connectivity index (χ4n) is 2.88. The summed E-state index contributed by atoms with van der Waals surface area (Å²) in [7, 11) is -3.72. The lowest BCUT2D eigenvalue weighted by Gasteiger charge is -2.23. The summed E-state index contributed by atoms with van der Waals surface area (Å²) in [5, 5.41) is 8.98. The number of nitrogens with one attached hydrogen (secondary N) is 1. The molecule has 1 aliphatic heterocycles. The molecule has 0 atom stereocenters. The summed E-state index contributed by atoms with van der Waals surface area (Å²) < 4.78 is 32.8. The van der Waals surface area contributed by atoms with Crippen molar-refractivity contribution in [3.8, 4) is 0 Å². The largest absolute Gasteiger partial charge is 0.478 e. The third-order valence-electron chi connectivity index (χ3n) is 4.49. The van der Waals surface area contributed by atoms with Crippen LogP contribution in [0.1, 0.15) is 29.6 Å². The molecule has 0 radical (unpaired) electrons. The van der Waals surface area contributed by atoms with Gasteiger partial charge >= 0.3 is 5.97 Å². The normalized spacial score (nSPS) is 19.9. The zero-order chi connectivity index (χ0) is 16.5. The Hall–Kier alpha value is -1.70. The first-order chi connectivity index (χ1) is 10.9. The van der Waals surface area contributed by atoms with Crippen molar-refractivity contribution in [1.29, 1.82) is 0 Å². The van der Waals surface area contributed by atoms with E-state index in [1.165, 1.54) is 29.8 Å². The van der Waals surface area contributed by atoms with Crippen molar-refractivity contribution in [1.82, 2.24) is 4.72 Å². The summed E-state index contributed by atoms with van der Waals surface area (Å²) in [4.78, 5) is 11.0. The van der Waals surface area contributed by atoms with Gasteiger partial charge in [0, 0.05) is 12.0 Å². The highest BCUT2D eigenvalue weighted by molar-refractivity contribution is 7.89. The van der Waals surface area contributed by atoms with E-state index in [9.17, 15) is 13.2 Å². The van der Waals surface area contributed by atoms with Crippen LogP contribution in [0.3, 0.4) is 0 Å². The summed E-state index contributed by atoms with van der Waals surface area (Å²) in [5.41, 5.74) is 1.15. The fourth-order valence-corrected chi connectivity index (χ4v) is 4.06. The second-order valence-electron chi connectivity index (χ2n) is 5.99. The van der Waals surface area contributed by atoms with Gasteiger partial charge in [0.15, 0.2) is 0 Å². The topological polar surface area (TPSA) is 92.7 Å². The lowest BCUT2D eigenvalue weighted by molar-refractivity contribution is 0.0696. The van der Waals surface area contributed by atoms with Gasteiger partial charge in [0.2, 0.25) is 10.0 Å². The molecular formula is C16H19NO5S. The van der Waals surface area contributed by atoms with E-state index in [1.54, 1.807) is 0 Å². The van der Waals surface area contributed by atoms with E-state index in [4.69, 9.17) is 9.84 Å². The number of sulfonamides is 1. The molecule has 23 heavy (non-hydrogen) atoms. The van der Waals surface area contributed by atoms with Crippen LogP contribution in [0.25, 0.3) is 0 Å². The predicted octanol–water partition coefficient (Wildman–Crippen LogP) is 1.79. The van der Waals surface area contributed by atoms with Crippen molar-refractivity contribution in [2.75, 3.05) is 19.8 Å². The number of carboxylic acid groups (broad SMARTS) is 1. The molecule has 1 aliphatic carbocycles. The van der Waals surface area contributed by atoms with E-state index in [0.717, 1.165) is 19.3 Å². The summed E-state index contributed by atoms with van der Waals surface area (Å²) in [5.74, 6) is -1.15. The van der Waals surface area contributed by atoms with E-state index >= 15 is 0 Å². The number of rotatable bonds is 6. The second-order valence-corrected chi connectivity index (χ2v) is 7.76. The Morgan fingerprint density at radius 1 is 1.35 bits per heavy atom. The van der Waals surface area contributed by atoms with E-state index in [1.807, 2.05) is 0 Å². The molecule has 2 aliphatic rings. The Bertz CT molecular complexity index is 749.